The van der Waals surface area contributed by atoms with Gasteiger partial charge in [-0.3, -0.25) is 19.6 Å². The first-order valence-electron chi connectivity index (χ1n) is 6.54. The van der Waals surface area contributed by atoms with Crippen LogP contribution in [0.15, 0.2) is 22.7 Å². The van der Waals surface area contributed by atoms with Crippen LogP contribution in [0.5, 0.6) is 0 Å². The Labute approximate surface area is 152 Å². The predicted molar refractivity (Wildman–Crippen MR) is 86.4 cm³/mol. The van der Waals surface area contributed by atoms with E-state index in [4.69, 9.17) is 11.6 Å². The fourth-order valence-corrected chi connectivity index (χ4v) is 2.63. The smallest absolute Gasteiger partial charge is 0.323 e. The van der Waals surface area contributed by atoms with E-state index < -0.39 is 29.2 Å². The maximum absolute atomic E-state index is 12.8. The van der Waals surface area contributed by atoms with Crippen molar-refractivity contribution in [1.82, 2.24) is 9.78 Å². The number of nitrogens with zero attached hydrogens (tertiary/aromatic N) is 3. The topological polar surface area (TPSA) is 90.1 Å². The van der Waals surface area contributed by atoms with Crippen LogP contribution >= 0.6 is 27.5 Å². The molecule has 0 unspecified atom stereocenters. The van der Waals surface area contributed by atoms with Crippen molar-refractivity contribution in [3.05, 3.63) is 49.2 Å². The Kier molecular flexibility index (Phi) is 5.37. The largest absolute Gasteiger partial charge is 0.436 e. The molecule has 0 atom stereocenters. The molecule has 2 aromatic rings. The molecule has 0 fully saturated rings. The Balaban J connectivity index is 2.17. The van der Waals surface area contributed by atoms with Gasteiger partial charge in [-0.15, -0.1) is 0 Å². The van der Waals surface area contributed by atoms with Crippen LogP contribution in [0, 0.1) is 17.0 Å². The molecule has 0 bridgehead atoms. The summed E-state index contributed by atoms with van der Waals surface area (Å²) >= 11 is 8.65. The molecule has 25 heavy (non-hydrogen) atoms. The van der Waals surface area contributed by atoms with Gasteiger partial charge in [0.05, 0.1) is 25.8 Å². The van der Waals surface area contributed by atoms with Crippen molar-refractivity contribution < 1.29 is 22.9 Å². The summed E-state index contributed by atoms with van der Waals surface area (Å²) < 4.78 is 39.1. The normalized spacial score (nSPS) is 11.4. The van der Waals surface area contributed by atoms with Gasteiger partial charge in [-0.2, -0.15) is 18.3 Å². The standard InChI is InChI=1S/C13H9BrClF3N4O3/c1-6-11(14)12(13(16,17)18)20-21(6)5-10(23)19-9-3-2-7(22(24)25)4-8(9)15/h2-4H,5H2,1H3,(H,19,23). The zero-order chi connectivity index (χ0) is 18.9. The maximum atomic E-state index is 12.8. The summed E-state index contributed by atoms with van der Waals surface area (Å²) in [6.45, 7) is 0.881. The van der Waals surface area contributed by atoms with E-state index in [0.29, 0.717) is 0 Å². The lowest BCUT2D eigenvalue weighted by Crippen LogP contribution is -2.21. The molecule has 0 aliphatic carbocycles. The van der Waals surface area contributed by atoms with E-state index in [-0.39, 0.29) is 26.6 Å². The van der Waals surface area contributed by atoms with Crippen LogP contribution in [-0.4, -0.2) is 20.6 Å². The second kappa shape index (κ2) is 7.00. The Bertz CT molecular complexity index is 854. The summed E-state index contributed by atoms with van der Waals surface area (Å²) in [7, 11) is 0. The first-order valence-corrected chi connectivity index (χ1v) is 7.71. The second-order valence-corrected chi connectivity index (χ2v) is 6.07. The average Bonchev–Trinajstić information content (AvgIpc) is 2.77. The van der Waals surface area contributed by atoms with Crippen molar-refractivity contribution in [3.63, 3.8) is 0 Å². The number of aromatic nitrogens is 2. The highest BCUT2D eigenvalue weighted by molar-refractivity contribution is 9.10. The van der Waals surface area contributed by atoms with Crippen LogP contribution in [0.25, 0.3) is 0 Å². The molecule has 0 saturated heterocycles. The number of hydrogen-bond donors (Lipinski definition) is 1. The van der Waals surface area contributed by atoms with Gasteiger partial charge in [0, 0.05) is 12.1 Å². The molecule has 7 nitrogen and oxygen atoms in total. The lowest BCUT2D eigenvalue weighted by molar-refractivity contribution is -0.384. The first-order chi connectivity index (χ1) is 11.5. The number of non-ortho nitro benzene ring substituents is 1. The number of alkyl halides is 3. The van der Waals surface area contributed by atoms with E-state index in [1.54, 1.807) is 0 Å². The minimum absolute atomic E-state index is 0.0723. The molecule has 1 amide bonds. The molecule has 0 spiro atoms. The third-order valence-corrected chi connectivity index (χ3v) is 4.39. The Hall–Kier alpha value is -2.14. The number of carbonyl (C=O) groups excluding carboxylic acids is 1. The lowest BCUT2D eigenvalue weighted by atomic mass is 10.3. The molecule has 0 saturated carbocycles. The monoisotopic (exact) mass is 440 g/mol. The van der Waals surface area contributed by atoms with Gasteiger partial charge in [-0.05, 0) is 28.9 Å². The van der Waals surface area contributed by atoms with Gasteiger partial charge >= 0.3 is 6.18 Å². The molecule has 1 heterocycles. The molecule has 1 N–H and O–H groups in total. The SMILES string of the molecule is Cc1c(Br)c(C(F)(F)F)nn1CC(=O)Nc1ccc([N+](=O)[O-])cc1Cl. The third kappa shape index (κ3) is 4.28. The number of nitrogens with one attached hydrogen (secondary N) is 1. The molecule has 1 aromatic carbocycles. The number of hydrogen-bond acceptors (Lipinski definition) is 4. The van der Waals surface area contributed by atoms with E-state index in [1.807, 2.05) is 0 Å². The molecule has 1 aromatic heterocycles. The number of halogens is 5. The highest BCUT2D eigenvalue weighted by atomic mass is 79.9. The molecular formula is C13H9BrClF3N4O3. The van der Waals surface area contributed by atoms with Crippen molar-refractivity contribution in [1.29, 1.82) is 0 Å². The van der Waals surface area contributed by atoms with E-state index in [0.717, 1.165) is 16.8 Å². The van der Waals surface area contributed by atoms with E-state index in [1.165, 1.54) is 13.0 Å². The molecule has 12 heteroatoms. The van der Waals surface area contributed by atoms with Crippen molar-refractivity contribution in [3.8, 4) is 0 Å². The highest BCUT2D eigenvalue weighted by Gasteiger charge is 2.38. The van der Waals surface area contributed by atoms with E-state index >= 15 is 0 Å². The number of anilines is 1. The zero-order valence-electron chi connectivity index (χ0n) is 12.4. The van der Waals surface area contributed by atoms with Crippen LogP contribution in [-0.2, 0) is 17.5 Å². The molecule has 0 aliphatic heterocycles. The van der Waals surface area contributed by atoms with Gasteiger partial charge in [0.1, 0.15) is 6.54 Å². The number of rotatable bonds is 4. The van der Waals surface area contributed by atoms with Gasteiger partial charge in [-0.1, -0.05) is 11.6 Å². The molecule has 0 aliphatic rings. The highest BCUT2D eigenvalue weighted by Crippen LogP contribution is 2.35. The summed E-state index contributed by atoms with van der Waals surface area (Å²) in [4.78, 5) is 22.0. The number of nitro benzene ring substituents is 1. The molecule has 0 radical (unpaired) electrons. The minimum atomic E-state index is -4.66. The lowest BCUT2D eigenvalue weighted by Gasteiger charge is -2.08. The first kappa shape index (κ1) is 19.2. The molecule has 134 valence electrons. The van der Waals surface area contributed by atoms with Crippen LogP contribution in [0.4, 0.5) is 24.5 Å². The number of carbonyl (C=O) groups is 1. The van der Waals surface area contributed by atoms with Crippen molar-refractivity contribution in [2.75, 3.05) is 5.32 Å². The van der Waals surface area contributed by atoms with Gasteiger partial charge in [0.25, 0.3) is 5.69 Å². The summed E-state index contributed by atoms with van der Waals surface area (Å²) in [6.07, 6.45) is -4.66. The van der Waals surface area contributed by atoms with Gasteiger partial charge in [0.15, 0.2) is 5.69 Å². The van der Waals surface area contributed by atoms with Crippen molar-refractivity contribution in [2.45, 2.75) is 19.6 Å². The fraction of sp³-hybridized carbons (Fsp3) is 0.231. The summed E-state index contributed by atoms with van der Waals surface area (Å²) in [5, 5.41) is 16.3. The zero-order valence-corrected chi connectivity index (χ0v) is 14.7. The predicted octanol–water partition coefficient (Wildman–Crippen LogP) is 4.17. The summed E-state index contributed by atoms with van der Waals surface area (Å²) in [6, 6.07) is 3.42. The molecular weight excluding hydrogens is 433 g/mol. The average molecular weight is 442 g/mol. The Morgan fingerprint density at radius 1 is 1.48 bits per heavy atom. The second-order valence-electron chi connectivity index (χ2n) is 4.87. The summed E-state index contributed by atoms with van der Waals surface area (Å²) in [5.74, 6) is -0.692. The van der Waals surface area contributed by atoms with Crippen LogP contribution < -0.4 is 5.32 Å². The summed E-state index contributed by atoms with van der Waals surface area (Å²) in [5.41, 5.74) is -1.18. The van der Waals surface area contributed by atoms with E-state index in [2.05, 4.69) is 26.3 Å². The van der Waals surface area contributed by atoms with Crippen LogP contribution in [0.2, 0.25) is 5.02 Å². The maximum Gasteiger partial charge on any atom is 0.436 e. The van der Waals surface area contributed by atoms with Gasteiger partial charge < -0.3 is 5.32 Å². The van der Waals surface area contributed by atoms with Crippen LogP contribution in [0.1, 0.15) is 11.4 Å². The Morgan fingerprint density at radius 3 is 2.60 bits per heavy atom. The minimum Gasteiger partial charge on any atom is -0.323 e. The van der Waals surface area contributed by atoms with Crippen LogP contribution in [0.3, 0.4) is 0 Å². The van der Waals surface area contributed by atoms with Crippen molar-refractivity contribution >= 4 is 44.8 Å². The van der Waals surface area contributed by atoms with Crippen molar-refractivity contribution in [2.24, 2.45) is 0 Å². The fourth-order valence-electron chi connectivity index (χ4n) is 1.90. The van der Waals surface area contributed by atoms with Gasteiger partial charge in [0.2, 0.25) is 5.91 Å². The number of benzene rings is 1. The third-order valence-electron chi connectivity index (χ3n) is 3.13. The number of nitro groups is 1. The molecule has 2 rings (SSSR count). The Morgan fingerprint density at radius 2 is 2.12 bits per heavy atom. The van der Waals surface area contributed by atoms with Gasteiger partial charge in [-0.25, -0.2) is 0 Å². The number of amides is 1. The van der Waals surface area contributed by atoms with E-state index in [9.17, 15) is 28.1 Å². The quantitative estimate of drug-likeness (QED) is 0.569.